The average molecular weight is 331 g/mol. The second-order valence-corrected chi connectivity index (χ2v) is 5.46. The number of aromatic hydroxyl groups is 1. The van der Waals surface area contributed by atoms with Crippen molar-refractivity contribution in [3.05, 3.63) is 35.5 Å². The fourth-order valence-electron chi connectivity index (χ4n) is 2.50. The van der Waals surface area contributed by atoms with Crippen LogP contribution in [0.4, 0.5) is 4.79 Å². The molecule has 8 nitrogen and oxygen atoms in total. The fraction of sp³-hybridized carbons (Fsp3) is 0.312. The first-order valence-electron chi connectivity index (χ1n) is 7.54. The summed E-state index contributed by atoms with van der Waals surface area (Å²) < 4.78 is 5.17. The summed E-state index contributed by atoms with van der Waals surface area (Å²) in [4.78, 5) is 39.0. The molecule has 0 aromatic heterocycles. The number of rotatable bonds is 3. The zero-order valence-electron chi connectivity index (χ0n) is 12.9. The maximum Gasteiger partial charge on any atom is 0.329 e. The lowest BCUT2D eigenvalue weighted by Crippen LogP contribution is -2.47. The topological polar surface area (TPSA) is 99.2 Å². The van der Waals surface area contributed by atoms with Crippen molar-refractivity contribution in [3.8, 4) is 5.75 Å². The van der Waals surface area contributed by atoms with Gasteiger partial charge in [0.1, 0.15) is 18.0 Å². The van der Waals surface area contributed by atoms with Crippen LogP contribution in [0.5, 0.6) is 5.75 Å². The van der Waals surface area contributed by atoms with E-state index in [1.165, 1.54) is 18.2 Å². The Morgan fingerprint density at radius 3 is 2.54 bits per heavy atom. The summed E-state index contributed by atoms with van der Waals surface area (Å²) in [6, 6.07) is 5.57. The summed E-state index contributed by atoms with van der Waals surface area (Å²) in [7, 11) is 0. The van der Waals surface area contributed by atoms with Crippen LogP contribution >= 0.6 is 0 Å². The van der Waals surface area contributed by atoms with E-state index in [0.717, 1.165) is 4.90 Å². The van der Waals surface area contributed by atoms with Crippen LogP contribution in [0, 0.1) is 0 Å². The number of carbonyl (C=O) groups excluding carboxylic acids is 3. The number of imide groups is 1. The van der Waals surface area contributed by atoms with Crippen molar-refractivity contribution in [1.29, 1.82) is 0 Å². The maximum absolute atomic E-state index is 12.3. The minimum absolute atomic E-state index is 0.0977. The van der Waals surface area contributed by atoms with Gasteiger partial charge in [0.2, 0.25) is 5.91 Å². The molecule has 4 amide bonds. The van der Waals surface area contributed by atoms with E-state index < -0.39 is 11.9 Å². The van der Waals surface area contributed by atoms with Gasteiger partial charge < -0.3 is 20.1 Å². The van der Waals surface area contributed by atoms with Crippen LogP contribution in [-0.2, 0) is 14.3 Å². The Labute approximate surface area is 138 Å². The summed E-state index contributed by atoms with van der Waals surface area (Å²) in [6.07, 6.45) is 1.50. The van der Waals surface area contributed by atoms with Crippen LogP contribution in [0.1, 0.15) is 5.56 Å². The highest BCUT2D eigenvalue weighted by Crippen LogP contribution is 2.16. The maximum atomic E-state index is 12.3. The number of phenols is 1. The number of benzene rings is 1. The van der Waals surface area contributed by atoms with Crippen LogP contribution < -0.4 is 5.32 Å². The second-order valence-electron chi connectivity index (χ2n) is 5.46. The van der Waals surface area contributed by atoms with Gasteiger partial charge in [0.15, 0.2) is 0 Å². The van der Waals surface area contributed by atoms with Gasteiger partial charge >= 0.3 is 6.03 Å². The molecule has 1 aromatic carbocycles. The molecule has 0 saturated carbocycles. The predicted molar refractivity (Wildman–Crippen MR) is 83.7 cm³/mol. The predicted octanol–water partition coefficient (Wildman–Crippen LogP) is 0.144. The number of hydrogen-bond donors (Lipinski definition) is 2. The number of phenolic OH excluding ortho intramolecular Hbond substituents is 1. The van der Waals surface area contributed by atoms with Gasteiger partial charge in [0.05, 0.1) is 13.2 Å². The highest BCUT2D eigenvalue weighted by Gasteiger charge is 2.36. The molecule has 8 heteroatoms. The molecule has 0 atom stereocenters. The zero-order chi connectivity index (χ0) is 17.1. The second kappa shape index (κ2) is 6.71. The third-order valence-electron chi connectivity index (χ3n) is 3.82. The number of urea groups is 1. The third-order valence-corrected chi connectivity index (χ3v) is 3.82. The Balaban J connectivity index is 1.69. The molecular weight excluding hydrogens is 314 g/mol. The van der Waals surface area contributed by atoms with Gasteiger partial charge in [-0.3, -0.25) is 9.59 Å². The lowest BCUT2D eigenvalue weighted by atomic mass is 10.2. The van der Waals surface area contributed by atoms with E-state index in [2.05, 4.69) is 5.32 Å². The molecule has 1 aromatic rings. The van der Waals surface area contributed by atoms with Crippen molar-refractivity contribution in [2.75, 3.05) is 32.8 Å². The standard InChI is InChI=1S/C16H17N3O5/c20-12-3-1-11(2-4-12)9-13-15(22)19(16(23)17-13)10-14(21)18-5-7-24-8-6-18/h1-4,9,20H,5-8,10H2,(H,17,23)/b13-9-. The molecular formula is C16H17N3O5. The molecule has 0 unspecified atom stereocenters. The van der Waals surface area contributed by atoms with Crippen LogP contribution in [0.25, 0.3) is 6.08 Å². The normalized spacial score (nSPS) is 19.8. The van der Waals surface area contributed by atoms with Crippen molar-refractivity contribution in [3.63, 3.8) is 0 Å². The smallest absolute Gasteiger partial charge is 0.329 e. The van der Waals surface area contributed by atoms with Gasteiger partial charge in [-0.05, 0) is 23.8 Å². The van der Waals surface area contributed by atoms with Crippen LogP contribution in [0.15, 0.2) is 30.0 Å². The third kappa shape index (κ3) is 3.38. The number of hydrogen-bond acceptors (Lipinski definition) is 5. The van der Waals surface area contributed by atoms with Gasteiger partial charge in [-0.1, -0.05) is 12.1 Å². The van der Waals surface area contributed by atoms with Crippen molar-refractivity contribution >= 4 is 23.9 Å². The number of nitrogens with one attached hydrogen (secondary N) is 1. The van der Waals surface area contributed by atoms with E-state index in [4.69, 9.17) is 4.74 Å². The molecule has 3 rings (SSSR count). The highest BCUT2D eigenvalue weighted by atomic mass is 16.5. The Bertz CT molecular complexity index is 692. The molecule has 2 N–H and O–H groups in total. The van der Waals surface area contributed by atoms with Crippen molar-refractivity contribution in [2.45, 2.75) is 0 Å². The van der Waals surface area contributed by atoms with E-state index in [-0.39, 0.29) is 23.9 Å². The molecule has 0 spiro atoms. The molecule has 2 heterocycles. The number of nitrogens with zero attached hydrogens (tertiary/aromatic N) is 2. The molecule has 0 aliphatic carbocycles. The van der Waals surface area contributed by atoms with E-state index >= 15 is 0 Å². The monoisotopic (exact) mass is 331 g/mol. The first kappa shape index (κ1) is 16.0. The molecule has 0 bridgehead atoms. The summed E-state index contributed by atoms with van der Waals surface area (Å²) in [5.41, 5.74) is 0.748. The molecule has 126 valence electrons. The van der Waals surface area contributed by atoms with Gasteiger partial charge in [0.25, 0.3) is 5.91 Å². The quantitative estimate of drug-likeness (QED) is 0.606. The zero-order valence-corrected chi connectivity index (χ0v) is 12.9. The number of morpholine rings is 1. The number of amides is 4. The first-order valence-corrected chi connectivity index (χ1v) is 7.54. The molecule has 24 heavy (non-hydrogen) atoms. The van der Waals surface area contributed by atoms with E-state index in [1.807, 2.05) is 0 Å². The first-order chi connectivity index (χ1) is 11.5. The lowest BCUT2D eigenvalue weighted by Gasteiger charge is -2.27. The fourth-order valence-corrected chi connectivity index (χ4v) is 2.50. The minimum atomic E-state index is -0.619. The summed E-state index contributed by atoms with van der Waals surface area (Å²) in [6.45, 7) is 1.53. The largest absolute Gasteiger partial charge is 0.508 e. The molecule has 2 aliphatic heterocycles. The van der Waals surface area contributed by atoms with Crippen LogP contribution in [-0.4, -0.2) is 65.6 Å². The van der Waals surface area contributed by atoms with E-state index in [0.29, 0.717) is 31.9 Å². The molecule has 2 fully saturated rings. The van der Waals surface area contributed by atoms with Crippen molar-refractivity contribution in [1.82, 2.24) is 15.1 Å². The summed E-state index contributed by atoms with van der Waals surface area (Å²) in [5.74, 6) is -0.723. The van der Waals surface area contributed by atoms with Gasteiger partial charge in [0, 0.05) is 13.1 Å². The number of carbonyl (C=O) groups is 3. The SMILES string of the molecule is O=C(CN1C(=O)N/C(=C\c2ccc(O)cc2)C1=O)N1CCOCC1. The summed E-state index contributed by atoms with van der Waals surface area (Å²) >= 11 is 0. The van der Waals surface area contributed by atoms with E-state index in [1.54, 1.807) is 17.0 Å². The lowest BCUT2D eigenvalue weighted by molar-refractivity contribution is -0.139. The Morgan fingerprint density at radius 2 is 1.88 bits per heavy atom. The molecule has 0 radical (unpaired) electrons. The molecule has 2 saturated heterocycles. The van der Waals surface area contributed by atoms with Crippen molar-refractivity contribution < 1.29 is 24.2 Å². The van der Waals surface area contributed by atoms with Crippen LogP contribution in [0.2, 0.25) is 0 Å². The Hall–Kier alpha value is -2.87. The Morgan fingerprint density at radius 1 is 1.21 bits per heavy atom. The average Bonchev–Trinajstić information content (AvgIpc) is 2.85. The Kier molecular flexibility index (Phi) is 4.48. The van der Waals surface area contributed by atoms with E-state index in [9.17, 15) is 19.5 Å². The van der Waals surface area contributed by atoms with Crippen LogP contribution in [0.3, 0.4) is 0 Å². The van der Waals surface area contributed by atoms with Gasteiger partial charge in [-0.2, -0.15) is 0 Å². The van der Waals surface area contributed by atoms with Gasteiger partial charge in [-0.25, -0.2) is 9.69 Å². The molecule has 2 aliphatic rings. The van der Waals surface area contributed by atoms with Gasteiger partial charge in [-0.15, -0.1) is 0 Å². The number of ether oxygens (including phenoxy) is 1. The minimum Gasteiger partial charge on any atom is -0.508 e. The highest BCUT2D eigenvalue weighted by molar-refractivity contribution is 6.15. The summed E-state index contributed by atoms with van der Waals surface area (Å²) in [5, 5.41) is 11.7. The van der Waals surface area contributed by atoms with Crippen molar-refractivity contribution in [2.24, 2.45) is 0 Å².